The van der Waals surface area contributed by atoms with Gasteiger partial charge in [0.2, 0.25) is 0 Å². The third-order valence-corrected chi connectivity index (χ3v) is 6.50. The van der Waals surface area contributed by atoms with Crippen molar-refractivity contribution in [2.45, 2.75) is 6.54 Å². The Balaban J connectivity index is 1.85. The molecule has 0 spiro atoms. The zero-order valence-corrected chi connectivity index (χ0v) is 20.1. The lowest BCUT2D eigenvalue weighted by Crippen LogP contribution is -2.27. The quantitative estimate of drug-likeness (QED) is 0.246. The lowest BCUT2D eigenvalue weighted by Gasteiger charge is -2.13. The van der Waals surface area contributed by atoms with E-state index in [1.54, 1.807) is 30.3 Å². The first-order chi connectivity index (χ1) is 14.3. The highest BCUT2D eigenvalue weighted by atomic mass is 127. The summed E-state index contributed by atoms with van der Waals surface area (Å²) in [5.41, 5.74) is 1.41. The molecule has 5 nitrogen and oxygen atoms in total. The second-order valence-electron chi connectivity index (χ2n) is 6.04. The van der Waals surface area contributed by atoms with Gasteiger partial charge in [0.1, 0.15) is 6.61 Å². The van der Waals surface area contributed by atoms with Gasteiger partial charge in [-0.05, 0) is 75.8 Å². The van der Waals surface area contributed by atoms with Gasteiger partial charge in [0.05, 0.1) is 32.2 Å². The molecule has 0 unspecified atom stereocenters. The number of hydrogen-bond donors (Lipinski definition) is 0. The monoisotopic (exact) mass is 573 g/mol. The molecule has 2 aromatic rings. The van der Waals surface area contributed by atoms with Crippen molar-refractivity contribution in [1.82, 2.24) is 4.90 Å². The number of hydrogen-bond acceptors (Lipinski definition) is 5. The van der Waals surface area contributed by atoms with Crippen LogP contribution in [0.3, 0.4) is 0 Å². The molecule has 0 N–H and O–H groups in total. The van der Waals surface area contributed by atoms with Crippen molar-refractivity contribution in [2.24, 2.45) is 0 Å². The molecule has 9 heteroatoms. The maximum atomic E-state index is 12.8. The van der Waals surface area contributed by atoms with Crippen LogP contribution in [0.15, 0.2) is 35.2 Å². The number of amides is 2. The highest BCUT2D eigenvalue weighted by molar-refractivity contribution is 14.1. The summed E-state index contributed by atoms with van der Waals surface area (Å²) < 4.78 is 11.7. The van der Waals surface area contributed by atoms with Gasteiger partial charge in [-0.3, -0.25) is 14.5 Å². The fraction of sp³-hybridized carbons (Fsp3) is 0.143. The van der Waals surface area contributed by atoms with Crippen LogP contribution >= 0.6 is 57.6 Å². The molecule has 1 fully saturated rings. The van der Waals surface area contributed by atoms with E-state index >= 15 is 0 Å². The van der Waals surface area contributed by atoms with E-state index in [-0.39, 0.29) is 24.3 Å². The largest absolute Gasteiger partial charge is 0.493 e. The first-order valence-corrected chi connectivity index (χ1v) is 11.1. The van der Waals surface area contributed by atoms with Gasteiger partial charge in [-0.15, -0.1) is 6.42 Å². The van der Waals surface area contributed by atoms with Crippen molar-refractivity contribution in [1.29, 1.82) is 0 Å². The Morgan fingerprint density at radius 2 is 2.00 bits per heavy atom. The van der Waals surface area contributed by atoms with E-state index in [9.17, 15) is 9.59 Å². The second kappa shape index (κ2) is 9.96. The van der Waals surface area contributed by atoms with Gasteiger partial charge in [0.25, 0.3) is 11.1 Å². The molecule has 1 aliphatic rings. The second-order valence-corrected chi connectivity index (χ2v) is 9.01. The van der Waals surface area contributed by atoms with Crippen LogP contribution in [0.25, 0.3) is 6.08 Å². The summed E-state index contributed by atoms with van der Waals surface area (Å²) in [6.45, 7) is 0.220. The summed E-state index contributed by atoms with van der Waals surface area (Å²) in [4.78, 5) is 26.7. The van der Waals surface area contributed by atoms with Crippen LogP contribution in [-0.4, -0.2) is 29.8 Å². The van der Waals surface area contributed by atoms with Gasteiger partial charge in [-0.25, -0.2) is 0 Å². The third-order valence-electron chi connectivity index (χ3n) is 4.05. The number of halogens is 3. The molecule has 2 amide bonds. The minimum atomic E-state index is -0.377. The van der Waals surface area contributed by atoms with E-state index in [0.29, 0.717) is 37.6 Å². The minimum Gasteiger partial charge on any atom is -0.493 e. The van der Waals surface area contributed by atoms with Gasteiger partial charge in [-0.2, -0.15) is 0 Å². The lowest BCUT2D eigenvalue weighted by molar-refractivity contribution is -0.123. The number of terminal acetylenes is 1. The number of imide groups is 1. The van der Waals surface area contributed by atoms with Gasteiger partial charge in [0.15, 0.2) is 11.5 Å². The van der Waals surface area contributed by atoms with E-state index in [1.165, 1.54) is 12.0 Å². The van der Waals surface area contributed by atoms with Crippen LogP contribution in [0.1, 0.15) is 11.1 Å². The molecule has 0 aliphatic carbocycles. The van der Waals surface area contributed by atoms with Crippen molar-refractivity contribution >= 4 is 74.8 Å². The minimum absolute atomic E-state index is 0.110. The Kier molecular flexibility index (Phi) is 7.58. The summed E-state index contributed by atoms with van der Waals surface area (Å²) >= 11 is 14.9. The van der Waals surface area contributed by atoms with Crippen LogP contribution in [0.2, 0.25) is 10.0 Å². The molecule has 0 atom stereocenters. The molecule has 1 heterocycles. The molecule has 1 aliphatic heterocycles. The van der Waals surface area contributed by atoms with Crippen molar-refractivity contribution in [2.75, 3.05) is 13.7 Å². The predicted molar refractivity (Wildman–Crippen MR) is 128 cm³/mol. The molecule has 0 bridgehead atoms. The average molecular weight is 574 g/mol. The van der Waals surface area contributed by atoms with Crippen LogP contribution in [0, 0.1) is 15.9 Å². The summed E-state index contributed by atoms with van der Waals surface area (Å²) in [6, 6.07) is 8.54. The molecule has 1 saturated heterocycles. The zero-order chi connectivity index (χ0) is 21.8. The smallest absolute Gasteiger partial charge is 0.293 e. The number of carbonyl (C=O) groups excluding carboxylic acids is 2. The van der Waals surface area contributed by atoms with Crippen LogP contribution in [-0.2, 0) is 11.3 Å². The highest BCUT2D eigenvalue weighted by Gasteiger charge is 2.35. The number of benzene rings is 2. The van der Waals surface area contributed by atoms with E-state index in [1.807, 2.05) is 6.07 Å². The fourth-order valence-electron chi connectivity index (χ4n) is 2.69. The molecule has 0 saturated carbocycles. The third kappa shape index (κ3) is 5.06. The SMILES string of the molecule is C#CCOc1c(I)cc(/C=C2/SC(=O)N(Cc3ccc(Cl)c(Cl)c3)C2=O)cc1OC. The summed E-state index contributed by atoms with van der Waals surface area (Å²) in [5, 5.41) is 0.422. The molecule has 3 rings (SSSR count). The Morgan fingerprint density at radius 3 is 2.67 bits per heavy atom. The van der Waals surface area contributed by atoms with E-state index < -0.39 is 0 Å². The number of methoxy groups -OCH3 is 1. The zero-order valence-electron chi connectivity index (χ0n) is 15.6. The molecular weight excluding hydrogens is 560 g/mol. The Bertz CT molecular complexity index is 1100. The number of ether oxygens (including phenoxy) is 2. The number of thioether (sulfide) groups is 1. The summed E-state index contributed by atoms with van der Waals surface area (Å²) in [6.07, 6.45) is 6.90. The molecule has 0 aromatic heterocycles. The van der Waals surface area contributed by atoms with E-state index in [0.717, 1.165) is 15.3 Å². The molecule has 154 valence electrons. The van der Waals surface area contributed by atoms with Crippen LogP contribution in [0.4, 0.5) is 4.79 Å². The maximum Gasteiger partial charge on any atom is 0.293 e. The Labute approximate surface area is 201 Å². The number of nitrogens with zero attached hydrogens (tertiary/aromatic N) is 1. The van der Waals surface area contributed by atoms with E-state index in [4.69, 9.17) is 39.1 Å². The van der Waals surface area contributed by atoms with Crippen LogP contribution < -0.4 is 9.47 Å². The Hall–Kier alpha value is -1.86. The lowest BCUT2D eigenvalue weighted by atomic mass is 10.1. The average Bonchev–Trinajstić information content (AvgIpc) is 2.97. The fourth-order valence-corrected chi connectivity index (χ4v) is 4.63. The van der Waals surface area contributed by atoms with Crippen molar-refractivity contribution in [3.8, 4) is 23.8 Å². The first kappa shape index (κ1) is 22.8. The molecule has 0 radical (unpaired) electrons. The number of carbonyl (C=O) groups is 2. The van der Waals surface area contributed by atoms with Gasteiger partial charge in [0, 0.05) is 0 Å². The van der Waals surface area contributed by atoms with Crippen LogP contribution in [0.5, 0.6) is 11.5 Å². The van der Waals surface area contributed by atoms with Crippen molar-refractivity contribution in [3.63, 3.8) is 0 Å². The number of rotatable bonds is 6. The molecule has 2 aromatic carbocycles. The van der Waals surface area contributed by atoms with Gasteiger partial charge in [-0.1, -0.05) is 35.2 Å². The van der Waals surface area contributed by atoms with Gasteiger partial charge >= 0.3 is 0 Å². The van der Waals surface area contributed by atoms with Crippen molar-refractivity contribution in [3.05, 3.63) is 60.0 Å². The summed E-state index contributed by atoms with van der Waals surface area (Å²) in [7, 11) is 1.52. The molecular formula is C21H14Cl2INO4S. The molecule has 30 heavy (non-hydrogen) atoms. The highest BCUT2D eigenvalue weighted by Crippen LogP contribution is 2.38. The maximum absolute atomic E-state index is 12.8. The predicted octanol–water partition coefficient (Wildman–Crippen LogP) is 5.86. The topological polar surface area (TPSA) is 55.8 Å². The standard InChI is InChI=1S/C21H14Cl2INO4S/c1-3-6-29-19-16(24)8-13(9-17(19)28-2)10-18-20(26)25(21(27)30-18)11-12-4-5-14(22)15(23)7-12/h1,4-5,7-10H,6,11H2,2H3/b18-10+. The van der Waals surface area contributed by atoms with E-state index in [2.05, 4.69) is 28.5 Å². The normalized spacial score (nSPS) is 14.9. The first-order valence-electron chi connectivity index (χ1n) is 8.47. The summed E-state index contributed by atoms with van der Waals surface area (Å²) in [5.74, 6) is 3.05. The Morgan fingerprint density at radius 1 is 1.23 bits per heavy atom. The van der Waals surface area contributed by atoms with Gasteiger partial charge < -0.3 is 9.47 Å². The van der Waals surface area contributed by atoms with Crippen molar-refractivity contribution < 1.29 is 19.1 Å².